The van der Waals surface area contributed by atoms with Gasteiger partial charge in [0.25, 0.3) is 5.56 Å². The van der Waals surface area contributed by atoms with Crippen LogP contribution in [-0.2, 0) is 6.54 Å². The molecule has 0 aliphatic carbocycles. The van der Waals surface area contributed by atoms with Crippen LogP contribution in [0.3, 0.4) is 0 Å². The lowest BCUT2D eigenvalue weighted by Crippen LogP contribution is -2.35. The first-order valence-electron chi connectivity index (χ1n) is 6.01. The third-order valence-corrected chi connectivity index (χ3v) is 2.55. The Morgan fingerprint density at radius 2 is 2.17 bits per heavy atom. The van der Waals surface area contributed by atoms with Gasteiger partial charge in [0, 0.05) is 13.1 Å². The minimum absolute atomic E-state index is 0.109. The van der Waals surface area contributed by atoms with Gasteiger partial charge in [-0.3, -0.25) is 14.3 Å². The molecule has 1 aromatic heterocycles. The van der Waals surface area contributed by atoms with E-state index < -0.39 is 17.4 Å². The Morgan fingerprint density at radius 3 is 2.72 bits per heavy atom. The second-order valence-electron chi connectivity index (χ2n) is 4.25. The smallest absolute Gasteiger partial charge is 0.330 e. The number of hydrogen-bond acceptors (Lipinski definition) is 5. The van der Waals surface area contributed by atoms with Crippen molar-refractivity contribution in [2.24, 2.45) is 0 Å². The number of nitrogens with zero attached hydrogens (tertiary/aromatic N) is 1. The van der Waals surface area contributed by atoms with Gasteiger partial charge in [0.1, 0.15) is 11.5 Å². The van der Waals surface area contributed by atoms with Gasteiger partial charge < -0.3 is 16.2 Å². The van der Waals surface area contributed by atoms with Crippen LogP contribution in [0.5, 0.6) is 0 Å². The third-order valence-electron chi connectivity index (χ3n) is 2.55. The average molecular weight is 256 g/mol. The van der Waals surface area contributed by atoms with E-state index in [4.69, 9.17) is 5.73 Å². The molecule has 0 amide bonds. The number of nitrogens with one attached hydrogen (secondary N) is 2. The maximum Gasteiger partial charge on any atom is 0.330 e. The summed E-state index contributed by atoms with van der Waals surface area (Å²) in [7, 11) is 0. The van der Waals surface area contributed by atoms with Gasteiger partial charge in [-0.25, -0.2) is 4.79 Å². The first kappa shape index (κ1) is 14.3. The molecule has 0 bridgehead atoms. The Morgan fingerprint density at radius 1 is 1.50 bits per heavy atom. The summed E-state index contributed by atoms with van der Waals surface area (Å²) in [6.07, 6.45) is 1.10. The number of rotatable bonds is 6. The molecule has 0 saturated carbocycles. The fraction of sp³-hybridized carbons (Fsp3) is 0.636. The molecule has 0 saturated heterocycles. The Labute approximate surface area is 105 Å². The number of aliphatic hydroxyl groups excluding tert-OH is 1. The molecule has 1 aromatic rings. The van der Waals surface area contributed by atoms with E-state index in [1.165, 1.54) is 4.57 Å². The highest BCUT2D eigenvalue weighted by Crippen LogP contribution is 2.10. The minimum Gasteiger partial charge on any atom is -0.392 e. The van der Waals surface area contributed by atoms with Crippen LogP contribution in [0.15, 0.2) is 9.59 Å². The molecule has 7 heteroatoms. The second kappa shape index (κ2) is 6.25. The van der Waals surface area contributed by atoms with Crippen LogP contribution in [0.25, 0.3) is 0 Å². The van der Waals surface area contributed by atoms with Crippen molar-refractivity contribution >= 4 is 11.5 Å². The Bertz CT molecular complexity index is 504. The van der Waals surface area contributed by atoms with Crippen LogP contribution in [-0.4, -0.2) is 27.3 Å². The number of aliphatic hydroxyl groups is 1. The van der Waals surface area contributed by atoms with Gasteiger partial charge in [0.2, 0.25) is 0 Å². The summed E-state index contributed by atoms with van der Waals surface area (Å²) in [4.78, 5) is 25.4. The summed E-state index contributed by atoms with van der Waals surface area (Å²) in [5.74, 6) is 0.109. The predicted octanol–water partition coefficient (Wildman–Crippen LogP) is -0.288. The molecule has 0 aliphatic rings. The fourth-order valence-electron chi connectivity index (χ4n) is 1.55. The summed E-state index contributed by atoms with van der Waals surface area (Å²) in [6.45, 7) is 4.24. The van der Waals surface area contributed by atoms with Gasteiger partial charge in [-0.05, 0) is 13.3 Å². The quantitative estimate of drug-likeness (QED) is 0.558. The number of aromatic nitrogens is 2. The van der Waals surface area contributed by atoms with Crippen LogP contribution in [0.4, 0.5) is 11.5 Å². The third kappa shape index (κ3) is 3.36. The van der Waals surface area contributed by atoms with Gasteiger partial charge >= 0.3 is 5.69 Å². The highest BCUT2D eigenvalue weighted by atomic mass is 16.3. The Hall–Kier alpha value is -1.76. The van der Waals surface area contributed by atoms with Gasteiger partial charge in [0.05, 0.1) is 6.10 Å². The van der Waals surface area contributed by atoms with E-state index >= 15 is 0 Å². The number of hydrogen-bond donors (Lipinski definition) is 4. The van der Waals surface area contributed by atoms with Crippen LogP contribution >= 0.6 is 0 Å². The molecule has 1 unspecified atom stereocenters. The predicted molar refractivity (Wildman–Crippen MR) is 70.8 cm³/mol. The van der Waals surface area contributed by atoms with Crippen LogP contribution in [0.1, 0.15) is 26.7 Å². The SMILES string of the molecule is CCCCn1c(N)c(NCC(C)O)c(=O)[nH]c1=O. The Kier molecular flexibility index (Phi) is 4.96. The maximum absolute atomic E-state index is 11.6. The lowest BCUT2D eigenvalue weighted by molar-refractivity contribution is 0.208. The van der Waals surface area contributed by atoms with Crippen molar-refractivity contribution in [3.8, 4) is 0 Å². The molecule has 18 heavy (non-hydrogen) atoms. The summed E-state index contributed by atoms with van der Waals surface area (Å²) in [6, 6.07) is 0. The zero-order valence-electron chi connectivity index (χ0n) is 10.7. The van der Waals surface area contributed by atoms with E-state index in [1.807, 2.05) is 6.92 Å². The molecule has 102 valence electrons. The number of nitrogens with two attached hydrogens (primary N) is 1. The molecule has 0 aromatic carbocycles. The summed E-state index contributed by atoms with van der Waals surface area (Å²) < 4.78 is 1.33. The molecule has 0 fully saturated rings. The van der Waals surface area contributed by atoms with Gasteiger partial charge in [-0.15, -0.1) is 0 Å². The standard InChI is InChI=1S/C11H20N4O3/c1-3-4-5-15-9(12)8(13-6-7(2)16)10(17)14-11(15)18/h7,13,16H,3-6,12H2,1-2H3,(H,14,17,18). The van der Waals surface area contributed by atoms with E-state index in [0.717, 1.165) is 12.8 Å². The molecule has 0 radical (unpaired) electrons. The number of unbranched alkanes of at least 4 members (excludes halogenated alkanes) is 1. The van der Waals surface area contributed by atoms with Crippen LogP contribution in [0.2, 0.25) is 0 Å². The minimum atomic E-state index is -0.611. The highest BCUT2D eigenvalue weighted by molar-refractivity contribution is 5.60. The Balaban J connectivity index is 3.10. The van der Waals surface area contributed by atoms with Crippen molar-refractivity contribution in [3.05, 3.63) is 20.8 Å². The molecule has 1 atom stereocenters. The van der Waals surface area contributed by atoms with Crippen molar-refractivity contribution < 1.29 is 5.11 Å². The van der Waals surface area contributed by atoms with Crippen LogP contribution in [0, 0.1) is 0 Å². The molecule has 7 nitrogen and oxygen atoms in total. The average Bonchev–Trinajstić information content (AvgIpc) is 2.27. The van der Waals surface area contributed by atoms with Crippen molar-refractivity contribution in [2.45, 2.75) is 39.3 Å². The van der Waals surface area contributed by atoms with E-state index in [-0.39, 0.29) is 18.1 Å². The maximum atomic E-state index is 11.6. The van der Waals surface area contributed by atoms with Gasteiger partial charge in [-0.1, -0.05) is 13.3 Å². The van der Waals surface area contributed by atoms with E-state index in [1.54, 1.807) is 6.92 Å². The zero-order valence-corrected chi connectivity index (χ0v) is 10.7. The van der Waals surface area contributed by atoms with Crippen molar-refractivity contribution in [3.63, 3.8) is 0 Å². The normalized spacial score (nSPS) is 12.4. The molecule has 0 aliphatic heterocycles. The molecule has 5 N–H and O–H groups in total. The monoisotopic (exact) mass is 256 g/mol. The van der Waals surface area contributed by atoms with E-state index in [0.29, 0.717) is 6.54 Å². The molecule has 1 rings (SSSR count). The molecule has 0 spiro atoms. The van der Waals surface area contributed by atoms with Crippen molar-refractivity contribution in [1.82, 2.24) is 9.55 Å². The van der Waals surface area contributed by atoms with Crippen molar-refractivity contribution in [1.29, 1.82) is 0 Å². The van der Waals surface area contributed by atoms with E-state index in [9.17, 15) is 14.7 Å². The fourth-order valence-corrected chi connectivity index (χ4v) is 1.55. The summed E-state index contributed by atoms with van der Waals surface area (Å²) >= 11 is 0. The largest absolute Gasteiger partial charge is 0.392 e. The second-order valence-corrected chi connectivity index (χ2v) is 4.25. The summed E-state index contributed by atoms with van der Waals surface area (Å²) in [5.41, 5.74) is 4.87. The lowest BCUT2D eigenvalue weighted by atomic mass is 10.3. The van der Waals surface area contributed by atoms with Crippen molar-refractivity contribution in [2.75, 3.05) is 17.6 Å². The van der Waals surface area contributed by atoms with E-state index in [2.05, 4.69) is 10.3 Å². The first-order chi connectivity index (χ1) is 8.47. The molecular formula is C11H20N4O3. The van der Waals surface area contributed by atoms with Gasteiger partial charge in [-0.2, -0.15) is 0 Å². The number of H-pyrrole nitrogens is 1. The molecular weight excluding hydrogens is 236 g/mol. The number of aromatic amines is 1. The topological polar surface area (TPSA) is 113 Å². The molecule has 1 heterocycles. The summed E-state index contributed by atoms with van der Waals surface area (Å²) in [5, 5.41) is 11.9. The zero-order chi connectivity index (χ0) is 13.7. The van der Waals surface area contributed by atoms with Crippen LogP contribution < -0.4 is 22.3 Å². The lowest BCUT2D eigenvalue weighted by Gasteiger charge is -2.14. The number of nitrogen functional groups attached to an aromatic ring is 1. The van der Waals surface area contributed by atoms with Gasteiger partial charge in [0.15, 0.2) is 0 Å². The number of anilines is 2. The first-order valence-corrected chi connectivity index (χ1v) is 6.01. The highest BCUT2D eigenvalue weighted by Gasteiger charge is 2.12.